The number of halogens is 1. The summed E-state index contributed by atoms with van der Waals surface area (Å²) in [7, 11) is 0. The maximum atomic E-state index is 11.6. The first-order valence-electron chi connectivity index (χ1n) is 4.12. The number of alkyl halides is 1. The molecule has 1 amide bonds. The zero-order valence-corrected chi connectivity index (χ0v) is 10.6. The number of carbonyl (C=O) groups excluding carboxylic acids is 1. The molecular weight excluding hydrogens is 266 g/mol. The molecule has 6 heteroatoms. The van der Waals surface area contributed by atoms with Crippen LogP contribution in [0.25, 0.3) is 0 Å². The lowest BCUT2D eigenvalue weighted by Crippen LogP contribution is -2.33. The summed E-state index contributed by atoms with van der Waals surface area (Å²) in [6.45, 7) is 5.98. The van der Waals surface area contributed by atoms with Gasteiger partial charge in [0, 0.05) is 0 Å². The van der Waals surface area contributed by atoms with Gasteiger partial charge in [-0.25, -0.2) is 0 Å². The molecule has 0 saturated heterocycles. The van der Waals surface area contributed by atoms with E-state index in [4.69, 9.17) is 0 Å². The van der Waals surface area contributed by atoms with E-state index in [0.717, 1.165) is 0 Å². The molecule has 14 heavy (non-hydrogen) atoms. The third-order valence-corrected chi connectivity index (χ3v) is 3.98. The molecule has 0 spiro atoms. The van der Waals surface area contributed by atoms with Crippen molar-refractivity contribution in [2.24, 2.45) is 5.41 Å². The van der Waals surface area contributed by atoms with Gasteiger partial charge in [-0.05, 0) is 5.41 Å². The fourth-order valence-corrected chi connectivity index (χ4v) is 1.35. The van der Waals surface area contributed by atoms with Crippen LogP contribution < -0.4 is 5.32 Å². The summed E-state index contributed by atoms with van der Waals surface area (Å²) in [4.78, 5) is 11.4. The largest absolute Gasteiger partial charge is 0.300 e. The third-order valence-electron chi connectivity index (χ3n) is 1.58. The third kappa shape index (κ3) is 3.02. The Morgan fingerprint density at radius 1 is 1.64 bits per heavy atom. The minimum Gasteiger partial charge on any atom is -0.300 e. The number of nitrogens with one attached hydrogen (secondary N) is 1. The van der Waals surface area contributed by atoms with Crippen LogP contribution in [0, 0.1) is 5.41 Å². The first kappa shape index (κ1) is 11.6. The quantitative estimate of drug-likeness (QED) is 0.844. The van der Waals surface area contributed by atoms with Gasteiger partial charge < -0.3 is 0 Å². The molecule has 0 saturated carbocycles. The number of nitrogens with zero attached hydrogens (tertiary/aromatic N) is 2. The predicted molar refractivity (Wildman–Crippen MR) is 60.7 cm³/mol. The first-order chi connectivity index (χ1) is 6.41. The monoisotopic (exact) mass is 277 g/mol. The van der Waals surface area contributed by atoms with Crippen LogP contribution in [0.2, 0.25) is 0 Å². The second-order valence-corrected chi connectivity index (χ2v) is 5.71. The van der Waals surface area contributed by atoms with E-state index in [2.05, 4.69) is 31.4 Å². The molecule has 0 fully saturated rings. The molecule has 0 aliphatic heterocycles. The predicted octanol–water partition coefficient (Wildman–Crippen LogP) is 2.29. The van der Waals surface area contributed by atoms with Gasteiger partial charge in [0.1, 0.15) is 5.51 Å². The summed E-state index contributed by atoms with van der Waals surface area (Å²) >= 11 is 4.66. The average molecular weight is 278 g/mol. The number of amides is 1. The number of rotatable bonds is 2. The summed E-state index contributed by atoms with van der Waals surface area (Å²) in [5.41, 5.74) is 1.46. The van der Waals surface area contributed by atoms with E-state index in [0.29, 0.717) is 5.13 Å². The van der Waals surface area contributed by atoms with Crippen LogP contribution in [0.1, 0.15) is 20.8 Å². The molecule has 1 atom stereocenters. The highest BCUT2D eigenvalue weighted by Crippen LogP contribution is 2.27. The molecule has 1 rings (SSSR count). The van der Waals surface area contributed by atoms with Gasteiger partial charge in [-0.2, -0.15) is 0 Å². The van der Waals surface area contributed by atoms with Crippen LogP contribution in [-0.2, 0) is 4.79 Å². The number of carbonyl (C=O) groups is 1. The molecule has 0 radical (unpaired) electrons. The van der Waals surface area contributed by atoms with Crippen molar-refractivity contribution in [3.05, 3.63) is 5.51 Å². The van der Waals surface area contributed by atoms with Crippen molar-refractivity contribution in [1.82, 2.24) is 10.2 Å². The van der Waals surface area contributed by atoms with Crippen molar-refractivity contribution in [2.75, 3.05) is 5.32 Å². The highest BCUT2D eigenvalue weighted by atomic mass is 79.9. The minimum atomic E-state index is -0.237. The van der Waals surface area contributed by atoms with Gasteiger partial charge in [0.2, 0.25) is 11.0 Å². The van der Waals surface area contributed by atoms with Crippen LogP contribution in [0.15, 0.2) is 5.51 Å². The highest BCUT2D eigenvalue weighted by molar-refractivity contribution is 9.10. The molecule has 1 N–H and O–H groups in total. The van der Waals surface area contributed by atoms with Crippen molar-refractivity contribution in [1.29, 1.82) is 0 Å². The summed E-state index contributed by atoms with van der Waals surface area (Å²) < 4.78 is 0. The Kier molecular flexibility index (Phi) is 3.60. The van der Waals surface area contributed by atoms with Crippen LogP contribution in [0.5, 0.6) is 0 Å². The molecule has 78 valence electrons. The first-order valence-corrected chi connectivity index (χ1v) is 5.92. The van der Waals surface area contributed by atoms with Gasteiger partial charge in [0.15, 0.2) is 0 Å². The maximum Gasteiger partial charge on any atom is 0.240 e. The highest BCUT2D eigenvalue weighted by Gasteiger charge is 2.28. The maximum absolute atomic E-state index is 11.6. The van der Waals surface area contributed by atoms with E-state index in [9.17, 15) is 4.79 Å². The van der Waals surface area contributed by atoms with Crippen LogP contribution in [0.3, 0.4) is 0 Å². The number of aromatic nitrogens is 2. The van der Waals surface area contributed by atoms with Crippen molar-refractivity contribution < 1.29 is 4.79 Å². The Hall–Kier alpha value is -0.490. The van der Waals surface area contributed by atoms with Crippen molar-refractivity contribution in [2.45, 2.75) is 25.6 Å². The summed E-state index contributed by atoms with van der Waals surface area (Å²) in [5.74, 6) is -0.0887. The molecule has 0 aliphatic rings. The lowest BCUT2D eigenvalue weighted by Gasteiger charge is -2.23. The molecule has 4 nitrogen and oxygen atoms in total. The van der Waals surface area contributed by atoms with E-state index >= 15 is 0 Å². The Balaban J connectivity index is 2.59. The van der Waals surface area contributed by atoms with Gasteiger partial charge in [-0.15, -0.1) is 10.2 Å². The Bertz CT molecular complexity index is 307. The average Bonchev–Trinajstić information content (AvgIpc) is 2.53. The zero-order chi connectivity index (χ0) is 10.8. The smallest absolute Gasteiger partial charge is 0.240 e. The molecule has 0 aromatic carbocycles. The van der Waals surface area contributed by atoms with Gasteiger partial charge >= 0.3 is 0 Å². The van der Waals surface area contributed by atoms with E-state index in [1.165, 1.54) is 11.3 Å². The molecule has 0 aliphatic carbocycles. The van der Waals surface area contributed by atoms with E-state index in [1.54, 1.807) is 5.51 Å². The molecule has 1 unspecified atom stereocenters. The van der Waals surface area contributed by atoms with E-state index in [-0.39, 0.29) is 16.1 Å². The van der Waals surface area contributed by atoms with Gasteiger partial charge in [0.05, 0.1) is 4.83 Å². The van der Waals surface area contributed by atoms with Crippen LogP contribution in [0.4, 0.5) is 5.13 Å². The molecular formula is C8H12BrN3OS. The number of anilines is 1. The van der Waals surface area contributed by atoms with Crippen LogP contribution in [-0.4, -0.2) is 20.9 Å². The van der Waals surface area contributed by atoms with Gasteiger partial charge in [-0.3, -0.25) is 10.1 Å². The lowest BCUT2D eigenvalue weighted by molar-refractivity contribution is -0.117. The number of hydrogen-bond donors (Lipinski definition) is 1. The Morgan fingerprint density at radius 2 is 2.29 bits per heavy atom. The standard InChI is InChI=1S/C8H12BrN3OS/c1-8(2,3)5(9)6(13)11-7-12-10-4-14-7/h4-5H,1-3H3,(H,11,12,13). The van der Waals surface area contributed by atoms with Crippen molar-refractivity contribution in [3.8, 4) is 0 Å². The van der Waals surface area contributed by atoms with Crippen molar-refractivity contribution >= 4 is 38.3 Å². The second kappa shape index (κ2) is 4.35. The van der Waals surface area contributed by atoms with Gasteiger partial charge in [-0.1, -0.05) is 48.0 Å². The molecule has 1 aromatic rings. The lowest BCUT2D eigenvalue weighted by atomic mass is 9.92. The Morgan fingerprint density at radius 3 is 2.71 bits per heavy atom. The molecule has 1 aromatic heterocycles. The summed E-state index contributed by atoms with van der Waals surface area (Å²) in [6, 6.07) is 0. The Labute approximate surface area is 95.2 Å². The summed E-state index contributed by atoms with van der Waals surface area (Å²) in [6.07, 6.45) is 0. The normalized spacial score (nSPS) is 13.7. The topological polar surface area (TPSA) is 54.9 Å². The summed E-state index contributed by atoms with van der Waals surface area (Å²) in [5, 5.41) is 10.6. The molecule has 0 bridgehead atoms. The fourth-order valence-electron chi connectivity index (χ4n) is 0.790. The molecule has 1 heterocycles. The van der Waals surface area contributed by atoms with Crippen molar-refractivity contribution in [3.63, 3.8) is 0 Å². The van der Waals surface area contributed by atoms with E-state index < -0.39 is 0 Å². The number of hydrogen-bond acceptors (Lipinski definition) is 4. The minimum absolute atomic E-state index is 0.0887. The SMILES string of the molecule is CC(C)(C)C(Br)C(=O)Nc1nncs1. The van der Waals surface area contributed by atoms with Crippen LogP contribution >= 0.6 is 27.3 Å². The zero-order valence-electron chi connectivity index (χ0n) is 8.24. The second-order valence-electron chi connectivity index (χ2n) is 3.96. The van der Waals surface area contributed by atoms with Gasteiger partial charge in [0.25, 0.3) is 0 Å². The van der Waals surface area contributed by atoms with E-state index in [1.807, 2.05) is 20.8 Å². The fraction of sp³-hybridized carbons (Fsp3) is 0.625.